The maximum atomic E-state index is 12.1. The molecule has 1 aliphatic heterocycles. The minimum atomic E-state index is -0.119. The lowest BCUT2D eigenvalue weighted by molar-refractivity contribution is -0.127. The van der Waals surface area contributed by atoms with Gasteiger partial charge in [-0.1, -0.05) is 17.7 Å². The van der Waals surface area contributed by atoms with E-state index in [4.69, 9.17) is 11.6 Å². The van der Waals surface area contributed by atoms with E-state index in [0.29, 0.717) is 18.1 Å². The number of nitrogens with zero attached hydrogens (tertiary/aromatic N) is 1. The van der Waals surface area contributed by atoms with Crippen molar-refractivity contribution in [1.82, 2.24) is 15.5 Å². The summed E-state index contributed by atoms with van der Waals surface area (Å²) >= 11 is 9.51. The van der Waals surface area contributed by atoms with Crippen LogP contribution in [0.15, 0.2) is 22.7 Å². The lowest BCUT2D eigenvalue weighted by Gasteiger charge is -2.35. The summed E-state index contributed by atoms with van der Waals surface area (Å²) < 4.78 is 0.892. The molecular formula is C14H19BrClN3O. The monoisotopic (exact) mass is 359 g/mol. The summed E-state index contributed by atoms with van der Waals surface area (Å²) in [5.41, 5.74) is 1.12. The smallest absolute Gasteiger partial charge is 0.238 e. The molecule has 1 amide bonds. The largest absolute Gasteiger partial charge is 0.355 e. The van der Waals surface area contributed by atoms with Gasteiger partial charge in [-0.05, 0) is 40.5 Å². The summed E-state index contributed by atoms with van der Waals surface area (Å²) in [5.74, 6) is 0.0860. The van der Waals surface area contributed by atoms with Gasteiger partial charge in [-0.3, -0.25) is 9.69 Å². The number of halogens is 2. The van der Waals surface area contributed by atoms with E-state index in [9.17, 15) is 4.79 Å². The Bertz CT molecular complexity index is 483. The Hall–Kier alpha value is -0.620. The van der Waals surface area contributed by atoms with Crippen LogP contribution in [0.1, 0.15) is 12.5 Å². The van der Waals surface area contributed by atoms with E-state index in [0.717, 1.165) is 29.7 Å². The number of amides is 1. The van der Waals surface area contributed by atoms with Crippen LogP contribution >= 0.6 is 27.5 Å². The number of likely N-dealkylation sites (N-methyl/N-ethyl adjacent to an activating group) is 1. The predicted octanol–water partition coefficient (Wildman–Crippen LogP) is 2.01. The zero-order valence-corrected chi connectivity index (χ0v) is 13.8. The summed E-state index contributed by atoms with van der Waals surface area (Å²) in [5, 5.41) is 6.87. The third-order valence-corrected chi connectivity index (χ3v) is 4.61. The van der Waals surface area contributed by atoms with E-state index in [-0.39, 0.29) is 11.9 Å². The number of hydrogen-bond acceptors (Lipinski definition) is 3. The van der Waals surface area contributed by atoms with Crippen LogP contribution in [0.3, 0.4) is 0 Å². The Balaban J connectivity index is 2.08. The van der Waals surface area contributed by atoms with Gasteiger partial charge in [0.15, 0.2) is 0 Å². The van der Waals surface area contributed by atoms with Gasteiger partial charge in [-0.15, -0.1) is 0 Å². The average Bonchev–Trinajstić information content (AvgIpc) is 2.44. The molecule has 2 rings (SSSR count). The summed E-state index contributed by atoms with van der Waals surface area (Å²) in [6, 6.07) is 5.81. The number of carbonyl (C=O) groups excluding carboxylic acids is 1. The zero-order valence-electron chi connectivity index (χ0n) is 11.5. The highest BCUT2D eigenvalue weighted by Crippen LogP contribution is 2.24. The molecule has 4 nitrogen and oxygen atoms in total. The summed E-state index contributed by atoms with van der Waals surface area (Å²) in [6.45, 7) is 5.78. The Morgan fingerprint density at radius 1 is 1.60 bits per heavy atom. The molecule has 1 heterocycles. The van der Waals surface area contributed by atoms with Crippen LogP contribution in [0, 0.1) is 0 Å². The molecule has 1 aromatic carbocycles. The van der Waals surface area contributed by atoms with Gasteiger partial charge in [0, 0.05) is 37.2 Å². The fourth-order valence-corrected chi connectivity index (χ4v) is 2.81. The molecule has 2 N–H and O–H groups in total. The predicted molar refractivity (Wildman–Crippen MR) is 84.9 cm³/mol. The van der Waals surface area contributed by atoms with Crippen molar-refractivity contribution in [2.45, 2.75) is 19.5 Å². The molecule has 0 bridgehead atoms. The molecule has 1 fully saturated rings. The van der Waals surface area contributed by atoms with Crippen molar-refractivity contribution in [3.05, 3.63) is 33.3 Å². The fraction of sp³-hybridized carbons (Fsp3) is 0.500. The molecule has 1 saturated heterocycles. The second-order valence-electron chi connectivity index (χ2n) is 4.83. The fourth-order valence-electron chi connectivity index (χ4n) is 2.36. The van der Waals surface area contributed by atoms with Gasteiger partial charge >= 0.3 is 0 Å². The molecule has 6 heteroatoms. The van der Waals surface area contributed by atoms with Gasteiger partial charge in [0.2, 0.25) is 5.91 Å². The highest BCUT2D eigenvalue weighted by Gasteiger charge is 2.28. The van der Waals surface area contributed by atoms with Crippen molar-refractivity contribution >= 4 is 33.4 Å². The molecule has 1 unspecified atom stereocenters. The average molecular weight is 361 g/mol. The SMILES string of the molecule is CCNC(=O)C1CNCCN1Cc1ccc(Br)c(Cl)c1. The van der Waals surface area contributed by atoms with Crippen molar-refractivity contribution in [2.24, 2.45) is 0 Å². The summed E-state index contributed by atoms with van der Waals surface area (Å²) in [4.78, 5) is 14.3. The van der Waals surface area contributed by atoms with E-state index in [1.54, 1.807) is 0 Å². The third-order valence-electron chi connectivity index (χ3n) is 3.38. The van der Waals surface area contributed by atoms with Crippen LogP contribution in [0.25, 0.3) is 0 Å². The van der Waals surface area contributed by atoms with Gasteiger partial charge in [0.05, 0.1) is 5.02 Å². The summed E-state index contributed by atoms with van der Waals surface area (Å²) in [7, 11) is 0. The van der Waals surface area contributed by atoms with Crippen molar-refractivity contribution in [1.29, 1.82) is 0 Å². The standard InChI is InChI=1S/C14H19BrClN3O/c1-2-18-14(20)13-8-17-5-6-19(13)9-10-3-4-11(15)12(16)7-10/h3-4,7,13,17H,2,5-6,8-9H2,1H3,(H,18,20). The van der Waals surface area contributed by atoms with Crippen LogP contribution in [-0.2, 0) is 11.3 Å². The molecule has 1 atom stereocenters. The van der Waals surface area contributed by atoms with Gasteiger partial charge < -0.3 is 10.6 Å². The number of hydrogen-bond donors (Lipinski definition) is 2. The number of nitrogens with one attached hydrogen (secondary N) is 2. The molecule has 20 heavy (non-hydrogen) atoms. The van der Waals surface area contributed by atoms with Gasteiger partial charge in [-0.25, -0.2) is 0 Å². The van der Waals surface area contributed by atoms with Crippen molar-refractivity contribution in [2.75, 3.05) is 26.2 Å². The molecule has 0 aromatic heterocycles. The maximum absolute atomic E-state index is 12.1. The molecular weight excluding hydrogens is 342 g/mol. The Morgan fingerprint density at radius 2 is 2.40 bits per heavy atom. The van der Waals surface area contributed by atoms with E-state index in [1.807, 2.05) is 25.1 Å². The lowest BCUT2D eigenvalue weighted by atomic mass is 10.1. The van der Waals surface area contributed by atoms with Gasteiger partial charge in [0.25, 0.3) is 0 Å². The molecule has 0 saturated carbocycles. The normalized spacial score (nSPS) is 19.9. The van der Waals surface area contributed by atoms with E-state index in [2.05, 4.69) is 31.5 Å². The van der Waals surface area contributed by atoms with Crippen LogP contribution < -0.4 is 10.6 Å². The molecule has 1 aromatic rings. The number of piperazine rings is 1. The number of rotatable bonds is 4. The lowest BCUT2D eigenvalue weighted by Crippen LogP contribution is -2.57. The topological polar surface area (TPSA) is 44.4 Å². The Morgan fingerprint density at radius 3 is 3.10 bits per heavy atom. The first kappa shape index (κ1) is 15.8. The summed E-state index contributed by atoms with van der Waals surface area (Å²) in [6.07, 6.45) is 0. The van der Waals surface area contributed by atoms with Crippen LogP contribution in [-0.4, -0.2) is 43.0 Å². The second kappa shape index (κ2) is 7.41. The number of carbonyl (C=O) groups is 1. The third kappa shape index (κ3) is 3.95. The first-order valence-corrected chi connectivity index (χ1v) is 7.95. The van der Waals surface area contributed by atoms with Crippen LogP contribution in [0.5, 0.6) is 0 Å². The van der Waals surface area contributed by atoms with Crippen LogP contribution in [0.2, 0.25) is 5.02 Å². The second-order valence-corrected chi connectivity index (χ2v) is 6.09. The first-order valence-electron chi connectivity index (χ1n) is 6.78. The van der Waals surface area contributed by atoms with Crippen LogP contribution in [0.4, 0.5) is 0 Å². The maximum Gasteiger partial charge on any atom is 0.238 e. The molecule has 1 aliphatic rings. The zero-order chi connectivity index (χ0) is 14.5. The first-order chi connectivity index (χ1) is 9.61. The number of benzene rings is 1. The van der Waals surface area contributed by atoms with E-state index < -0.39 is 0 Å². The van der Waals surface area contributed by atoms with Gasteiger partial charge in [0.1, 0.15) is 6.04 Å². The minimum absolute atomic E-state index is 0.0860. The van der Waals surface area contributed by atoms with Crippen molar-refractivity contribution in [3.63, 3.8) is 0 Å². The molecule has 0 aliphatic carbocycles. The quantitative estimate of drug-likeness (QED) is 0.863. The Labute approximate surface area is 133 Å². The van der Waals surface area contributed by atoms with E-state index >= 15 is 0 Å². The Kier molecular flexibility index (Phi) is 5.84. The minimum Gasteiger partial charge on any atom is -0.355 e. The highest BCUT2D eigenvalue weighted by molar-refractivity contribution is 9.10. The van der Waals surface area contributed by atoms with Crippen molar-refractivity contribution < 1.29 is 4.79 Å². The van der Waals surface area contributed by atoms with Gasteiger partial charge in [-0.2, -0.15) is 0 Å². The molecule has 0 spiro atoms. The molecule has 110 valence electrons. The highest BCUT2D eigenvalue weighted by atomic mass is 79.9. The van der Waals surface area contributed by atoms with Crippen molar-refractivity contribution in [3.8, 4) is 0 Å². The van der Waals surface area contributed by atoms with E-state index in [1.165, 1.54) is 0 Å². The molecule has 0 radical (unpaired) electrons.